The number of hydrogen-bond acceptors (Lipinski definition) is 6. The van der Waals surface area contributed by atoms with Gasteiger partial charge in [-0.25, -0.2) is 9.97 Å². The van der Waals surface area contributed by atoms with Gasteiger partial charge in [-0.1, -0.05) is 18.2 Å². The van der Waals surface area contributed by atoms with Crippen LogP contribution in [0.1, 0.15) is 41.5 Å². The average Bonchev–Trinajstić information content (AvgIpc) is 2.96. The monoisotopic (exact) mass is 437 g/mol. The van der Waals surface area contributed by atoms with E-state index >= 15 is 0 Å². The van der Waals surface area contributed by atoms with E-state index in [1.807, 2.05) is 6.07 Å². The molecule has 1 saturated heterocycles. The number of aryl methyl sites for hydroxylation is 1. The maximum absolute atomic E-state index is 12.6. The van der Waals surface area contributed by atoms with Crippen LogP contribution in [0.3, 0.4) is 0 Å². The lowest BCUT2D eigenvalue weighted by molar-refractivity contribution is -0.134. The topological polar surface area (TPSA) is 98.7 Å². The molecule has 2 aliphatic rings. The van der Waals surface area contributed by atoms with E-state index in [0.29, 0.717) is 24.6 Å². The van der Waals surface area contributed by atoms with Crippen molar-refractivity contribution >= 4 is 17.5 Å². The summed E-state index contributed by atoms with van der Waals surface area (Å²) in [4.78, 5) is 36.3. The number of aliphatic hydroxyl groups excluding tert-OH is 1. The summed E-state index contributed by atoms with van der Waals surface area (Å²) >= 11 is 0. The van der Waals surface area contributed by atoms with Crippen LogP contribution in [0.4, 0.5) is 5.69 Å². The van der Waals surface area contributed by atoms with Gasteiger partial charge >= 0.3 is 0 Å². The van der Waals surface area contributed by atoms with Crippen LogP contribution < -0.4 is 10.2 Å². The summed E-state index contributed by atoms with van der Waals surface area (Å²) in [5.74, 6) is 0.136. The summed E-state index contributed by atoms with van der Waals surface area (Å²) < 4.78 is 0. The van der Waals surface area contributed by atoms with Crippen molar-refractivity contribution in [3.05, 3.63) is 53.6 Å². The average molecular weight is 438 g/mol. The molecule has 2 aromatic rings. The third kappa shape index (κ3) is 5.43. The van der Waals surface area contributed by atoms with Gasteiger partial charge in [-0.3, -0.25) is 9.59 Å². The molecular weight excluding hydrogens is 406 g/mol. The van der Waals surface area contributed by atoms with Gasteiger partial charge in [-0.2, -0.15) is 0 Å². The van der Waals surface area contributed by atoms with Crippen molar-refractivity contribution < 1.29 is 14.7 Å². The number of nitrogens with zero attached hydrogens (tertiary/aromatic N) is 4. The molecule has 2 amide bonds. The first kappa shape index (κ1) is 22.2. The third-order valence-electron chi connectivity index (χ3n) is 6.24. The Morgan fingerprint density at radius 2 is 2.03 bits per heavy atom. The highest BCUT2D eigenvalue weighted by Crippen LogP contribution is 2.26. The number of β-amino-alcohol motifs (C(OH)–C–C–N with tert-alkyl or cyclic N) is 1. The number of rotatable bonds is 7. The van der Waals surface area contributed by atoms with Gasteiger partial charge in [0.05, 0.1) is 6.10 Å². The first-order valence-corrected chi connectivity index (χ1v) is 11.3. The van der Waals surface area contributed by atoms with Crippen molar-refractivity contribution in [2.45, 2.75) is 38.7 Å². The van der Waals surface area contributed by atoms with Crippen LogP contribution >= 0.6 is 0 Å². The second-order valence-electron chi connectivity index (χ2n) is 8.78. The summed E-state index contributed by atoms with van der Waals surface area (Å²) in [6, 6.07) is 10.0. The highest BCUT2D eigenvalue weighted by atomic mass is 16.3. The fraction of sp³-hybridized carbons (Fsp3) is 0.500. The van der Waals surface area contributed by atoms with Gasteiger partial charge in [0.1, 0.15) is 12.0 Å². The van der Waals surface area contributed by atoms with E-state index in [0.717, 1.165) is 44.6 Å². The van der Waals surface area contributed by atoms with Crippen molar-refractivity contribution in [2.24, 2.45) is 5.92 Å². The Morgan fingerprint density at radius 3 is 2.84 bits per heavy atom. The van der Waals surface area contributed by atoms with Crippen LogP contribution in [-0.4, -0.2) is 70.6 Å². The molecule has 1 aromatic heterocycles. The number of carbonyl (C=O) groups is 2. The van der Waals surface area contributed by atoms with E-state index in [9.17, 15) is 14.7 Å². The lowest BCUT2D eigenvalue weighted by atomic mass is 9.94. The minimum absolute atomic E-state index is 0.0891. The Kier molecular flexibility index (Phi) is 6.99. The highest BCUT2D eigenvalue weighted by molar-refractivity contribution is 5.92. The van der Waals surface area contributed by atoms with Crippen LogP contribution in [0.15, 0.2) is 36.7 Å². The van der Waals surface area contributed by atoms with Crippen LogP contribution in [0.2, 0.25) is 0 Å². The maximum atomic E-state index is 12.6. The molecule has 3 heterocycles. The number of aromatic nitrogens is 2. The van der Waals surface area contributed by atoms with Crippen molar-refractivity contribution in [3.63, 3.8) is 0 Å². The van der Waals surface area contributed by atoms with E-state index in [1.165, 1.54) is 17.6 Å². The largest absolute Gasteiger partial charge is 0.389 e. The van der Waals surface area contributed by atoms with E-state index in [2.05, 4.69) is 38.4 Å². The number of carbonyl (C=O) groups excluding carboxylic acids is 2. The smallest absolute Gasteiger partial charge is 0.270 e. The normalized spacial score (nSPS) is 17.2. The molecule has 8 heteroatoms. The fourth-order valence-corrected chi connectivity index (χ4v) is 4.46. The molecule has 0 radical (unpaired) electrons. The van der Waals surface area contributed by atoms with Crippen LogP contribution in [-0.2, 0) is 17.6 Å². The number of nitrogens with one attached hydrogen (secondary N) is 1. The van der Waals surface area contributed by atoms with Crippen molar-refractivity contribution in [2.75, 3.05) is 37.6 Å². The molecular formula is C24H31N5O3. The lowest BCUT2D eigenvalue weighted by Crippen LogP contribution is -2.49. The molecule has 8 nitrogen and oxygen atoms in total. The fourth-order valence-electron chi connectivity index (χ4n) is 4.46. The van der Waals surface area contributed by atoms with Crippen LogP contribution in [0, 0.1) is 5.92 Å². The second-order valence-corrected chi connectivity index (χ2v) is 8.78. The molecule has 0 spiro atoms. The van der Waals surface area contributed by atoms with Crippen LogP contribution in [0.5, 0.6) is 0 Å². The van der Waals surface area contributed by atoms with Crippen LogP contribution in [0.25, 0.3) is 0 Å². The number of anilines is 1. The number of benzene rings is 1. The summed E-state index contributed by atoms with van der Waals surface area (Å²) in [6.07, 6.45) is 4.72. The molecule has 0 bridgehead atoms. The first-order valence-electron chi connectivity index (χ1n) is 11.3. The van der Waals surface area contributed by atoms with Gasteiger partial charge < -0.3 is 20.2 Å². The second kappa shape index (κ2) is 10.1. The molecule has 4 rings (SSSR count). The molecule has 32 heavy (non-hydrogen) atoms. The number of amides is 2. The van der Waals surface area contributed by atoms with E-state index in [-0.39, 0.29) is 18.4 Å². The van der Waals surface area contributed by atoms with E-state index < -0.39 is 6.10 Å². The highest BCUT2D eigenvalue weighted by Gasteiger charge is 2.29. The Hall–Kier alpha value is -3.00. The van der Waals surface area contributed by atoms with Crippen molar-refractivity contribution in [1.29, 1.82) is 0 Å². The zero-order valence-electron chi connectivity index (χ0n) is 18.5. The molecule has 1 fully saturated rings. The summed E-state index contributed by atoms with van der Waals surface area (Å²) in [5, 5.41) is 13.4. The van der Waals surface area contributed by atoms with Gasteiger partial charge in [0, 0.05) is 51.0 Å². The molecule has 2 aliphatic heterocycles. The quantitative estimate of drug-likeness (QED) is 0.680. The molecule has 170 valence electrons. The Balaban J connectivity index is 1.28. The SMILES string of the molecule is CC(=O)N1CC(Cc2cc(C(=O)NC[C@H](O)CN3CCCCc4ccccc43)ncn2)C1. The zero-order chi connectivity index (χ0) is 22.5. The predicted molar refractivity (Wildman–Crippen MR) is 121 cm³/mol. The maximum Gasteiger partial charge on any atom is 0.270 e. The number of fused-ring (bicyclic) bond motifs is 1. The Bertz CT molecular complexity index is 960. The van der Waals surface area contributed by atoms with Gasteiger partial charge in [-0.05, 0) is 49.3 Å². The van der Waals surface area contributed by atoms with Gasteiger partial charge in [0.25, 0.3) is 5.91 Å². The summed E-state index contributed by atoms with van der Waals surface area (Å²) in [7, 11) is 0. The van der Waals surface area contributed by atoms with E-state index in [4.69, 9.17) is 0 Å². The molecule has 1 atom stereocenters. The Morgan fingerprint density at radius 1 is 1.22 bits per heavy atom. The molecule has 0 saturated carbocycles. The summed E-state index contributed by atoms with van der Waals surface area (Å²) in [5.41, 5.74) is 3.58. The zero-order valence-corrected chi connectivity index (χ0v) is 18.5. The van der Waals surface area contributed by atoms with Crippen molar-refractivity contribution in [1.82, 2.24) is 20.2 Å². The van der Waals surface area contributed by atoms with E-state index in [1.54, 1.807) is 17.9 Å². The standard InChI is InChI=1S/C24H31N5O3/c1-17(30)29-13-18(14-29)10-20-11-22(27-16-26-20)24(32)25-12-21(31)15-28-9-5-4-7-19-6-2-3-8-23(19)28/h2-3,6,8,11,16,18,21,31H,4-5,7,9-10,12-15H2,1H3,(H,25,32)/t21-/m0/s1. The minimum atomic E-state index is -0.682. The van der Waals surface area contributed by atoms with Gasteiger partial charge in [0.15, 0.2) is 0 Å². The first-order chi connectivity index (χ1) is 15.5. The summed E-state index contributed by atoms with van der Waals surface area (Å²) in [6.45, 7) is 4.57. The van der Waals surface area contributed by atoms with Gasteiger partial charge in [-0.15, -0.1) is 0 Å². The molecule has 0 unspecified atom stereocenters. The number of hydrogen-bond donors (Lipinski definition) is 2. The molecule has 1 aromatic carbocycles. The minimum Gasteiger partial charge on any atom is -0.389 e. The van der Waals surface area contributed by atoms with Gasteiger partial charge in [0.2, 0.25) is 5.91 Å². The Labute approximate surface area is 188 Å². The number of para-hydroxylation sites is 1. The molecule has 2 N–H and O–H groups in total. The predicted octanol–water partition coefficient (Wildman–Crippen LogP) is 1.43. The number of aliphatic hydroxyl groups is 1. The third-order valence-corrected chi connectivity index (χ3v) is 6.24. The number of likely N-dealkylation sites (tertiary alicyclic amines) is 1. The molecule has 0 aliphatic carbocycles. The van der Waals surface area contributed by atoms with Crippen molar-refractivity contribution in [3.8, 4) is 0 Å². The lowest BCUT2D eigenvalue weighted by Gasteiger charge is -2.38.